The molecule has 5 heteroatoms. The molecule has 2 unspecified atom stereocenters. The maximum Gasteiger partial charge on any atom is 0.256 e. The number of hydrogen-bond acceptors (Lipinski definition) is 3. The van der Waals surface area contributed by atoms with Gasteiger partial charge in [0.05, 0.1) is 12.7 Å². The third-order valence-electron chi connectivity index (χ3n) is 4.84. The number of carbonyl (C=O) groups excluding carboxylic acids is 1. The standard InChI is InChI=1S/C16H21FN2O2/c1-18-11-3-4-12(18)10-19(8-7-11)16(20)14-6-5-13(21-2)9-15(14)17/h5-6,9,11-12H,3-4,7-8,10H2,1-2H3. The normalized spacial score (nSPS) is 25.8. The van der Waals surface area contributed by atoms with Crippen molar-refractivity contribution in [3.8, 4) is 5.75 Å². The molecule has 0 radical (unpaired) electrons. The molecule has 1 amide bonds. The number of halogens is 1. The first kappa shape index (κ1) is 14.3. The molecule has 1 aromatic rings. The predicted octanol–water partition coefficient (Wildman–Crippen LogP) is 2.14. The summed E-state index contributed by atoms with van der Waals surface area (Å²) in [5.74, 6) is -0.295. The molecule has 3 rings (SSSR count). The third-order valence-corrected chi connectivity index (χ3v) is 4.84. The summed E-state index contributed by atoms with van der Waals surface area (Å²) in [6.07, 6.45) is 3.30. The van der Waals surface area contributed by atoms with E-state index in [2.05, 4.69) is 11.9 Å². The van der Waals surface area contributed by atoms with Crippen molar-refractivity contribution in [1.82, 2.24) is 9.80 Å². The van der Waals surface area contributed by atoms with Gasteiger partial charge >= 0.3 is 0 Å². The lowest BCUT2D eigenvalue weighted by molar-refractivity contribution is 0.0735. The molecule has 4 nitrogen and oxygen atoms in total. The van der Waals surface area contributed by atoms with Crippen molar-refractivity contribution in [2.75, 3.05) is 27.2 Å². The van der Waals surface area contributed by atoms with E-state index in [4.69, 9.17) is 4.74 Å². The van der Waals surface area contributed by atoms with E-state index < -0.39 is 5.82 Å². The van der Waals surface area contributed by atoms with Crippen molar-refractivity contribution >= 4 is 5.91 Å². The van der Waals surface area contributed by atoms with Gasteiger partial charge in [-0.25, -0.2) is 4.39 Å². The Hall–Kier alpha value is -1.62. The highest BCUT2D eigenvalue weighted by atomic mass is 19.1. The van der Waals surface area contributed by atoms with E-state index in [0.29, 0.717) is 30.9 Å². The zero-order chi connectivity index (χ0) is 15.0. The molecular weight excluding hydrogens is 271 g/mol. The molecule has 0 saturated carbocycles. The largest absolute Gasteiger partial charge is 0.497 e. The van der Waals surface area contributed by atoms with Gasteiger partial charge in [0, 0.05) is 31.2 Å². The molecule has 2 aliphatic rings. The maximum atomic E-state index is 14.1. The van der Waals surface area contributed by atoms with Gasteiger partial charge < -0.3 is 9.64 Å². The van der Waals surface area contributed by atoms with Crippen LogP contribution in [0.25, 0.3) is 0 Å². The van der Waals surface area contributed by atoms with E-state index in [1.807, 2.05) is 0 Å². The number of hydrogen-bond donors (Lipinski definition) is 0. The Morgan fingerprint density at radius 3 is 2.76 bits per heavy atom. The molecule has 2 bridgehead atoms. The van der Waals surface area contributed by atoms with E-state index in [-0.39, 0.29) is 11.5 Å². The lowest BCUT2D eigenvalue weighted by Gasteiger charge is -2.26. The Bertz CT molecular complexity index is 549. The number of likely N-dealkylation sites (N-methyl/N-ethyl adjacent to an activating group) is 1. The summed E-state index contributed by atoms with van der Waals surface area (Å²) in [7, 11) is 3.61. The lowest BCUT2D eigenvalue weighted by Crippen LogP contribution is -2.40. The number of amides is 1. The SMILES string of the molecule is COc1ccc(C(=O)N2CCC3CCC(C2)N3C)c(F)c1. The minimum atomic E-state index is -0.512. The molecule has 2 fully saturated rings. The number of rotatable bonds is 2. The summed E-state index contributed by atoms with van der Waals surface area (Å²) >= 11 is 0. The second-order valence-electron chi connectivity index (χ2n) is 5.94. The molecule has 114 valence electrons. The molecule has 21 heavy (non-hydrogen) atoms. The Balaban J connectivity index is 1.79. The minimum Gasteiger partial charge on any atom is -0.497 e. The molecule has 0 aliphatic carbocycles. The van der Waals surface area contributed by atoms with Gasteiger partial charge in [0.1, 0.15) is 11.6 Å². The Kier molecular flexibility index (Phi) is 3.85. The van der Waals surface area contributed by atoms with Crippen LogP contribution in [-0.2, 0) is 0 Å². The minimum absolute atomic E-state index is 0.135. The Labute approximate surface area is 124 Å². The fourth-order valence-electron chi connectivity index (χ4n) is 3.46. The number of nitrogens with zero attached hydrogens (tertiary/aromatic N) is 2. The van der Waals surface area contributed by atoms with E-state index in [1.54, 1.807) is 11.0 Å². The number of ether oxygens (including phenoxy) is 1. The topological polar surface area (TPSA) is 32.8 Å². The average molecular weight is 292 g/mol. The molecule has 2 heterocycles. The summed E-state index contributed by atoms with van der Waals surface area (Å²) in [4.78, 5) is 16.8. The van der Waals surface area contributed by atoms with Crippen LogP contribution in [0.15, 0.2) is 18.2 Å². The molecular formula is C16H21FN2O2. The van der Waals surface area contributed by atoms with Crippen LogP contribution in [0.2, 0.25) is 0 Å². The Morgan fingerprint density at radius 2 is 2.05 bits per heavy atom. The summed E-state index contributed by atoms with van der Waals surface area (Å²) in [5.41, 5.74) is 0.135. The van der Waals surface area contributed by atoms with E-state index >= 15 is 0 Å². The van der Waals surface area contributed by atoms with Crippen LogP contribution in [0.4, 0.5) is 4.39 Å². The van der Waals surface area contributed by atoms with Gasteiger partial charge in [-0.1, -0.05) is 0 Å². The van der Waals surface area contributed by atoms with Gasteiger partial charge in [-0.05, 0) is 38.4 Å². The second kappa shape index (κ2) is 5.64. The van der Waals surface area contributed by atoms with Crippen LogP contribution < -0.4 is 4.74 Å². The summed E-state index contributed by atoms with van der Waals surface area (Å²) in [6.45, 7) is 1.40. The Morgan fingerprint density at radius 1 is 1.29 bits per heavy atom. The van der Waals surface area contributed by atoms with Crippen LogP contribution in [-0.4, -0.2) is 55.0 Å². The maximum absolute atomic E-state index is 14.1. The summed E-state index contributed by atoms with van der Waals surface area (Å²) in [5, 5.41) is 0. The fraction of sp³-hybridized carbons (Fsp3) is 0.562. The first-order chi connectivity index (χ1) is 10.1. The number of fused-ring (bicyclic) bond motifs is 2. The zero-order valence-corrected chi connectivity index (χ0v) is 12.5. The van der Waals surface area contributed by atoms with E-state index in [1.165, 1.54) is 25.7 Å². The smallest absolute Gasteiger partial charge is 0.256 e. The van der Waals surface area contributed by atoms with Crippen molar-refractivity contribution in [3.05, 3.63) is 29.6 Å². The summed E-state index contributed by atoms with van der Waals surface area (Å²) < 4.78 is 19.0. The van der Waals surface area contributed by atoms with Crippen molar-refractivity contribution in [2.45, 2.75) is 31.3 Å². The van der Waals surface area contributed by atoms with Gasteiger partial charge in [0.25, 0.3) is 5.91 Å². The second-order valence-corrected chi connectivity index (χ2v) is 5.94. The molecule has 2 aliphatic heterocycles. The van der Waals surface area contributed by atoms with E-state index in [9.17, 15) is 9.18 Å². The van der Waals surface area contributed by atoms with Crippen LogP contribution in [0, 0.1) is 5.82 Å². The molecule has 0 N–H and O–H groups in total. The van der Waals surface area contributed by atoms with Crippen molar-refractivity contribution in [3.63, 3.8) is 0 Å². The summed E-state index contributed by atoms with van der Waals surface area (Å²) in [6, 6.07) is 5.38. The number of methoxy groups -OCH3 is 1. The number of carbonyl (C=O) groups is 1. The van der Waals surface area contributed by atoms with Crippen molar-refractivity contribution in [1.29, 1.82) is 0 Å². The highest BCUT2D eigenvalue weighted by Crippen LogP contribution is 2.29. The van der Waals surface area contributed by atoms with Crippen LogP contribution in [0.1, 0.15) is 29.6 Å². The molecule has 1 aromatic carbocycles. The van der Waals surface area contributed by atoms with Gasteiger partial charge in [-0.2, -0.15) is 0 Å². The predicted molar refractivity (Wildman–Crippen MR) is 78.0 cm³/mol. The molecule has 2 atom stereocenters. The molecule has 0 spiro atoms. The first-order valence-electron chi connectivity index (χ1n) is 7.45. The zero-order valence-electron chi connectivity index (χ0n) is 12.5. The highest BCUT2D eigenvalue weighted by molar-refractivity contribution is 5.94. The van der Waals surface area contributed by atoms with Crippen LogP contribution >= 0.6 is 0 Å². The van der Waals surface area contributed by atoms with Crippen molar-refractivity contribution < 1.29 is 13.9 Å². The highest BCUT2D eigenvalue weighted by Gasteiger charge is 2.36. The molecule has 2 saturated heterocycles. The van der Waals surface area contributed by atoms with Gasteiger partial charge in [0.2, 0.25) is 0 Å². The monoisotopic (exact) mass is 292 g/mol. The van der Waals surface area contributed by atoms with Gasteiger partial charge in [-0.3, -0.25) is 9.69 Å². The van der Waals surface area contributed by atoms with Crippen LogP contribution in [0.3, 0.4) is 0 Å². The third kappa shape index (κ3) is 2.62. The van der Waals surface area contributed by atoms with E-state index in [0.717, 1.165) is 12.8 Å². The average Bonchev–Trinajstić information content (AvgIpc) is 2.71. The lowest BCUT2D eigenvalue weighted by atomic mass is 10.1. The number of benzene rings is 1. The van der Waals surface area contributed by atoms with Crippen molar-refractivity contribution in [2.24, 2.45) is 0 Å². The fourth-order valence-corrected chi connectivity index (χ4v) is 3.46. The molecule has 0 aromatic heterocycles. The first-order valence-corrected chi connectivity index (χ1v) is 7.45. The quantitative estimate of drug-likeness (QED) is 0.837. The van der Waals surface area contributed by atoms with Gasteiger partial charge in [-0.15, -0.1) is 0 Å². The van der Waals surface area contributed by atoms with Crippen LogP contribution in [0.5, 0.6) is 5.75 Å². The number of likely N-dealkylation sites (tertiary alicyclic amines) is 1. The van der Waals surface area contributed by atoms with Gasteiger partial charge in [0.15, 0.2) is 0 Å².